The van der Waals surface area contributed by atoms with Gasteiger partial charge in [0.25, 0.3) is 0 Å². The quantitative estimate of drug-likeness (QED) is 0.369. The van der Waals surface area contributed by atoms with Gasteiger partial charge in [-0.25, -0.2) is 14.4 Å². The molecular weight excluding hydrogens is 617 g/mol. The van der Waals surface area contributed by atoms with Crippen LogP contribution in [0.25, 0.3) is 11.4 Å². The highest BCUT2D eigenvalue weighted by molar-refractivity contribution is 5.90. The lowest BCUT2D eigenvalue weighted by molar-refractivity contribution is -0.138. The topological polar surface area (TPSA) is 149 Å². The molecule has 0 saturated carbocycles. The molecule has 5 heterocycles. The van der Waals surface area contributed by atoms with Crippen LogP contribution < -0.4 is 20.3 Å². The number of ether oxygens (including phenoxy) is 2. The maximum Gasteiger partial charge on any atom is 0.245 e. The van der Waals surface area contributed by atoms with E-state index in [1.54, 1.807) is 18.2 Å². The van der Waals surface area contributed by atoms with Gasteiger partial charge in [0.2, 0.25) is 17.8 Å². The van der Waals surface area contributed by atoms with Crippen molar-refractivity contribution >= 4 is 29.1 Å². The first kappa shape index (κ1) is 31.7. The minimum absolute atomic E-state index is 0.133. The van der Waals surface area contributed by atoms with Gasteiger partial charge < -0.3 is 29.9 Å². The fourth-order valence-electron chi connectivity index (χ4n) is 6.75. The first-order valence-corrected chi connectivity index (χ1v) is 16.4. The van der Waals surface area contributed by atoms with Crippen molar-refractivity contribution in [2.75, 3.05) is 56.2 Å². The molecule has 4 saturated heterocycles. The summed E-state index contributed by atoms with van der Waals surface area (Å²) in [5, 5.41) is 15.8. The van der Waals surface area contributed by atoms with Gasteiger partial charge >= 0.3 is 0 Å². The number of halogens is 1. The van der Waals surface area contributed by atoms with Crippen LogP contribution in [-0.2, 0) is 14.3 Å². The predicted octanol–water partition coefficient (Wildman–Crippen LogP) is 2.66. The Kier molecular flexibility index (Phi) is 9.05. The molecule has 2 N–H and O–H groups in total. The molecule has 0 bridgehead atoms. The van der Waals surface area contributed by atoms with Crippen LogP contribution in [0.4, 0.5) is 21.7 Å². The number of nitrogens with one attached hydrogen (secondary N) is 2. The third kappa shape index (κ3) is 6.74. The van der Waals surface area contributed by atoms with E-state index in [1.807, 2.05) is 12.1 Å². The van der Waals surface area contributed by atoms with Crippen molar-refractivity contribution in [1.82, 2.24) is 30.1 Å². The molecule has 48 heavy (non-hydrogen) atoms. The molecule has 0 radical (unpaired) electrons. The zero-order chi connectivity index (χ0) is 33.2. The molecule has 4 fully saturated rings. The lowest BCUT2D eigenvalue weighted by Gasteiger charge is -2.46. The van der Waals surface area contributed by atoms with Gasteiger partial charge in [0.15, 0.2) is 12.0 Å². The molecule has 4 atom stereocenters. The van der Waals surface area contributed by atoms with Gasteiger partial charge in [-0.3, -0.25) is 14.5 Å². The van der Waals surface area contributed by atoms with E-state index in [-0.39, 0.29) is 36.1 Å². The van der Waals surface area contributed by atoms with Crippen molar-refractivity contribution in [3.63, 3.8) is 0 Å². The van der Waals surface area contributed by atoms with Crippen LogP contribution in [0.5, 0.6) is 5.75 Å². The maximum absolute atomic E-state index is 15.2. The van der Waals surface area contributed by atoms with Crippen molar-refractivity contribution in [1.29, 1.82) is 5.26 Å². The zero-order valence-corrected chi connectivity index (χ0v) is 26.7. The Balaban J connectivity index is 0.964. The Morgan fingerprint density at radius 2 is 1.94 bits per heavy atom. The zero-order valence-electron chi connectivity index (χ0n) is 26.7. The number of piperazine rings is 1. The molecule has 2 unspecified atom stereocenters. The highest BCUT2D eigenvalue weighted by atomic mass is 19.1. The van der Waals surface area contributed by atoms with Crippen LogP contribution in [0.15, 0.2) is 48.8 Å². The number of rotatable bonds is 8. The third-order valence-corrected chi connectivity index (χ3v) is 9.55. The van der Waals surface area contributed by atoms with Gasteiger partial charge in [-0.2, -0.15) is 10.2 Å². The van der Waals surface area contributed by atoms with Crippen LogP contribution in [0.3, 0.4) is 0 Å². The summed E-state index contributed by atoms with van der Waals surface area (Å²) >= 11 is 0. The summed E-state index contributed by atoms with van der Waals surface area (Å²) in [6.45, 7) is 7.09. The fourth-order valence-corrected chi connectivity index (χ4v) is 6.75. The van der Waals surface area contributed by atoms with Crippen LogP contribution in [-0.4, -0.2) is 113 Å². The average Bonchev–Trinajstić information content (AvgIpc) is 3.51. The predicted molar refractivity (Wildman–Crippen MR) is 174 cm³/mol. The number of hydrogen-bond acceptors (Lipinski definition) is 11. The van der Waals surface area contributed by atoms with Gasteiger partial charge in [0.1, 0.15) is 30.3 Å². The van der Waals surface area contributed by atoms with Gasteiger partial charge in [-0.15, -0.1) is 0 Å². The molecule has 0 aliphatic carbocycles. The summed E-state index contributed by atoms with van der Waals surface area (Å²) in [7, 11) is 0. The molecule has 1 aromatic heterocycles. The lowest BCUT2D eigenvalue weighted by atomic mass is 10.0. The Morgan fingerprint density at radius 1 is 1.10 bits per heavy atom. The number of benzene rings is 2. The van der Waals surface area contributed by atoms with Crippen LogP contribution in [0.1, 0.15) is 31.7 Å². The molecule has 13 nitrogen and oxygen atoms in total. The summed E-state index contributed by atoms with van der Waals surface area (Å²) in [4.78, 5) is 43.7. The molecule has 4 aliphatic heterocycles. The first-order valence-electron chi connectivity index (χ1n) is 16.4. The Bertz CT molecular complexity index is 1700. The summed E-state index contributed by atoms with van der Waals surface area (Å²) in [6.07, 6.45) is 0.120. The first-order chi connectivity index (χ1) is 23.3. The number of amides is 2. The standard InChI is InChI=1S/C34H38FN9O4/c1-21-16-42(26-18-47-19-26)12-13-44(21)25-5-3-24(4-6-25)39-34-38-20-37-32(41-34)22-2-8-29(23(14-22)15-36)48-30-10-11-43(17-27(30)35)33(46)28-7-9-31(45)40-28/h2-6,8,14,20-21,26-28,30H,7,9-13,16-19H2,1H3,(H,40,45)(H,37,38,39,41)/t21?,27-,28?,30+/m1/s1. The summed E-state index contributed by atoms with van der Waals surface area (Å²) in [5.41, 5.74) is 2.79. The van der Waals surface area contributed by atoms with Gasteiger partial charge in [0.05, 0.1) is 31.4 Å². The molecule has 7 rings (SSSR count). The number of likely N-dealkylation sites (tertiary alicyclic amines) is 1. The SMILES string of the molecule is CC1CN(C2COC2)CCN1c1ccc(Nc2ncnc(-c3ccc(O[C@H]4CCN(C(=O)C5CCC(=O)N5)C[C@H]4F)c(C#N)c3)n2)cc1. The monoisotopic (exact) mass is 655 g/mol. The molecule has 2 amide bonds. The van der Waals surface area contributed by atoms with E-state index < -0.39 is 18.3 Å². The summed E-state index contributed by atoms with van der Waals surface area (Å²) in [6, 6.07) is 15.6. The van der Waals surface area contributed by atoms with Crippen LogP contribution >= 0.6 is 0 Å². The molecular formula is C34H38FN9O4. The molecule has 2 aromatic carbocycles. The van der Waals surface area contributed by atoms with Crippen molar-refractivity contribution in [3.8, 4) is 23.2 Å². The Labute approximate surface area is 278 Å². The number of nitrogens with zero attached hydrogens (tertiary/aromatic N) is 7. The summed E-state index contributed by atoms with van der Waals surface area (Å²) < 4.78 is 26.5. The lowest BCUT2D eigenvalue weighted by Crippen LogP contribution is -2.59. The number of anilines is 3. The number of nitriles is 1. The highest BCUT2D eigenvalue weighted by Gasteiger charge is 2.38. The Morgan fingerprint density at radius 3 is 2.62 bits per heavy atom. The van der Waals surface area contributed by atoms with Crippen molar-refractivity contribution in [3.05, 3.63) is 54.4 Å². The van der Waals surface area contributed by atoms with Crippen molar-refractivity contribution < 1.29 is 23.5 Å². The van der Waals surface area contributed by atoms with Crippen LogP contribution in [0.2, 0.25) is 0 Å². The second-order valence-electron chi connectivity index (χ2n) is 12.8. The number of carbonyl (C=O) groups excluding carboxylic acids is 2. The van der Waals surface area contributed by atoms with E-state index in [2.05, 4.69) is 60.5 Å². The van der Waals surface area contributed by atoms with E-state index in [1.165, 1.54) is 11.2 Å². The second kappa shape index (κ2) is 13.7. The van der Waals surface area contributed by atoms with E-state index in [0.29, 0.717) is 48.8 Å². The fraction of sp³-hybridized carbons (Fsp3) is 0.471. The largest absolute Gasteiger partial charge is 0.486 e. The van der Waals surface area contributed by atoms with E-state index in [9.17, 15) is 14.9 Å². The van der Waals surface area contributed by atoms with Crippen molar-refractivity contribution in [2.45, 2.75) is 56.6 Å². The average molecular weight is 656 g/mol. The molecule has 0 spiro atoms. The minimum Gasteiger partial charge on any atom is -0.486 e. The number of piperidine rings is 1. The van der Waals surface area contributed by atoms with Crippen LogP contribution in [0, 0.1) is 11.3 Å². The third-order valence-electron chi connectivity index (χ3n) is 9.55. The van der Waals surface area contributed by atoms with Gasteiger partial charge in [-0.1, -0.05) is 0 Å². The van der Waals surface area contributed by atoms with Gasteiger partial charge in [0, 0.05) is 62.0 Å². The van der Waals surface area contributed by atoms with Crippen molar-refractivity contribution in [2.24, 2.45) is 0 Å². The molecule has 250 valence electrons. The maximum atomic E-state index is 15.2. The number of carbonyl (C=O) groups is 2. The Hall–Kier alpha value is -4.87. The van der Waals surface area contributed by atoms with Gasteiger partial charge in [-0.05, 0) is 55.8 Å². The van der Waals surface area contributed by atoms with E-state index >= 15 is 4.39 Å². The molecule has 14 heteroatoms. The highest BCUT2D eigenvalue weighted by Crippen LogP contribution is 2.30. The molecule has 3 aromatic rings. The molecule has 4 aliphatic rings. The summed E-state index contributed by atoms with van der Waals surface area (Å²) in [5.74, 6) is 0.532. The van der Waals surface area contributed by atoms with E-state index in [4.69, 9.17) is 9.47 Å². The number of alkyl halides is 1. The van der Waals surface area contributed by atoms with E-state index in [0.717, 1.165) is 44.2 Å². The number of hydrogen-bond donors (Lipinski definition) is 2. The smallest absolute Gasteiger partial charge is 0.245 e. The minimum atomic E-state index is -1.45. The number of aromatic nitrogens is 3. The normalized spacial score (nSPS) is 24.8. The second-order valence-corrected chi connectivity index (χ2v) is 12.8.